The molecule has 0 saturated heterocycles. The van der Waals surface area contributed by atoms with Gasteiger partial charge in [-0.25, -0.2) is 9.97 Å². The van der Waals surface area contributed by atoms with E-state index in [1.165, 1.54) is 12.8 Å². The molecule has 0 bridgehead atoms. The Kier molecular flexibility index (Phi) is 3.71. The standard InChI is InChI=1S/C13H22N4O/c1-4-18-8-12-15-10(14)7-11(16-12)17-13(2,3)9-5-6-9/h7,9H,4-6,8H2,1-3H3,(H3,14,15,16,17). The summed E-state index contributed by atoms with van der Waals surface area (Å²) in [5.41, 5.74) is 5.85. The van der Waals surface area contributed by atoms with Crippen LogP contribution in [0.2, 0.25) is 0 Å². The lowest BCUT2D eigenvalue weighted by molar-refractivity contribution is 0.128. The van der Waals surface area contributed by atoms with Gasteiger partial charge in [0.1, 0.15) is 18.2 Å². The van der Waals surface area contributed by atoms with Crippen molar-refractivity contribution in [3.63, 3.8) is 0 Å². The highest BCUT2D eigenvalue weighted by Gasteiger charge is 2.37. The molecule has 1 heterocycles. The lowest BCUT2D eigenvalue weighted by Gasteiger charge is -2.27. The molecule has 1 fully saturated rings. The molecule has 0 amide bonds. The van der Waals surface area contributed by atoms with Crippen molar-refractivity contribution < 1.29 is 4.74 Å². The van der Waals surface area contributed by atoms with Gasteiger partial charge in [-0.1, -0.05) is 0 Å². The van der Waals surface area contributed by atoms with E-state index in [1.807, 2.05) is 6.92 Å². The zero-order valence-electron chi connectivity index (χ0n) is 11.4. The van der Waals surface area contributed by atoms with E-state index in [4.69, 9.17) is 10.5 Å². The van der Waals surface area contributed by atoms with Gasteiger partial charge in [0.25, 0.3) is 0 Å². The summed E-state index contributed by atoms with van der Waals surface area (Å²) in [5.74, 6) is 2.62. The Labute approximate surface area is 108 Å². The van der Waals surface area contributed by atoms with Crippen LogP contribution in [0, 0.1) is 5.92 Å². The average molecular weight is 250 g/mol. The van der Waals surface area contributed by atoms with E-state index in [2.05, 4.69) is 29.1 Å². The third-order valence-corrected chi connectivity index (χ3v) is 3.28. The van der Waals surface area contributed by atoms with Gasteiger partial charge in [0, 0.05) is 18.2 Å². The normalized spacial score (nSPS) is 15.7. The van der Waals surface area contributed by atoms with Crippen molar-refractivity contribution in [2.75, 3.05) is 17.7 Å². The van der Waals surface area contributed by atoms with Crippen LogP contribution < -0.4 is 11.1 Å². The van der Waals surface area contributed by atoms with E-state index < -0.39 is 0 Å². The monoisotopic (exact) mass is 250 g/mol. The van der Waals surface area contributed by atoms with Crippen molar-refractivity contribution in [1.82, 2.24) is 9.97 Å². The second-order valence-electron chi connectivity index (χ2n) is 5.35. The molecule has 1 aromatic rings. The van der Waals surface area contributed by atoms with Gasteiger partial charge in [0.15, 0.2) is 5.82 Å². The molecule has 1 aromatic heterocycles. The average Bonchev–Trinajstić information content (AvgIpc) is 3.08. The number of anilines is 2. The zero-order chi connectivity index (χ0) is 13.2. The molecule has 5 nitrogen and oxygen atoms in total. The number of nitrogens with zero attached hydrogens (tertiary/aromatic N) is 2. The molecule has 2 rings (SSSR count). The summed E-state index contributed by atoms with van der Waals surface area (Å²) in [5, 5.41) is 3.45. The molecule has 1 saturated carbocycles. The quantitative estimate of drug-likeness (QED) is 0.809. The van der Waals surface area contributed by atoms with Crippen LogP contribution in [0.25, 0.3) is 0 Å². The van der Waals surface area contributed by atoms with Crippen LogP contribution in [0.5, 0.6) is 0 Å². The van der Waals surface area contributed by atoms with Gasteiger partial charge in [0.05, 0.1) is 0 Å². The van der Waals surface area contributed by atoms with Crippen molar-refractivity contribution in [2.45, 2.75) is 45.8 Å². The van der Waals surface area contributed by atoms with Gasteiger partial charge in [-0.15, -0.1) is 0 Å². The fourth-order valence-electron chi connectivity index (χ4n) is 2.08. The summed E-state index contributed by atoms with van der Waals surface area (Å²) >= 11 is 0. The molecule has 0 unspecified atom stereocenters. The number of rotatable bonds is 6. The maximum atomic E-state index is 5.80. The minimum Gasteiger partial charge on any atom is -0.384 e. The van der Waals surface area contributed by atoms with E-state index in [0.717, 1.165) is 11.7 Å². The molecule has 0 aromatic carbocycles. The Bertz CT molecular complexity index is 415. The van der Waals surface area contributed by atoms with E-state index in [9.17, 15) is 0 Å². The molecule has 0 atom stereocenters. The second-order valence-corrected chi connectivity index (χ2v) is 5.35. The second kappa shape index (κ2) is 5.10. The fourth-order valence-corrected chi connectivity index (χ4v) is 2.08. The Balaban J connectivity index is 2.09. The summed E-state index contributed by atoms with van der Waals surface area (Å²) in [7, 11) is 0. The van der Waals surface area contributed by atoms with E-state index in [1.54, 1.807) is 6.07 Å². The van der Waals surface area contributed by atoms with Crippen LogP contribution in [0.15, 0.2) is 6.07 Å². The number of nitrogens with one attached hydrogen (secondary N) is 1. The van der Waals surface area contributed by atoms with Crippen LogP contribution in [-0.4, -0.2) is 22.1 Å². The summed E-state index contributed by atoms with van der Waals surface area (Å²) in [6.45, 7) is 7.40. The molecule has 0 aliphatic heterocycles. The van der Waals surface area contributed by atoms with E-state index in [-0.39, 0.29) is 5.54 Å². The first-order valence-corrected chi connectivity index (χ1v) is 6.50. The molecule has 1 aliphatic rings. The Hall–Kier alpha value is -1.36. The Morgan fingerprint density at radius 2 is 2.17 bits per heavy atom. The highest BCUT2D eigenvalue weighted by Crippen LogP contribution is 2.40. The van der Waals surface area contributed by atoms with Crippen LogP contribution in [0.4, 0.5) is 11.6 Å². The van der Waals surface area contributed by atoms with Crippen molar-refractivity contribution in [3.8, 4) is 0 Å². The van der Waals surface area contributed by atoms with Crippen molar-refractivity contribution in [3.05, 3.63) is 11.9 Å². The van der Waals surface area contributed by atoms with Gasteiger partial charge in [-0.05, 0) is 39.5 Å². The molecule has 100 valence electrons. The smallest absolute Gasteiger partial charge is 0.158 e. The first-order chi connectivity index (χ1) is 8.51. The van der Waals surface area contributed by atoms with Crippen molar-refractivity contribution >= 4 is 11.6 Å². The minimum atomic E-state index is 0.0592. The van der Waals surface area contributed by atoms with E-state index in [0.29, 0.717) is 24.9 Å². The molecule has 5 heteroatoms. The first kappa shape index (κ1) is 13.1. The Morgan fingerprint density at radius 1 is 1.44 bits per heavy atom. The molecular weight excluding hydrogens is 228 g/mol. The molecule has 0 spiro atoms. The molecule has 1 aliphatic carbocycles. The third-order valence-electron chi connectivity index (χ3n) is 3.28. The minimum absolute atomic E-state index is 0.0592. The number of ether oxygens (including phenoxy) is 1. The Morgan fingerprint density at radius 3 is 2.78 bits per heavy atom. The van der Waals surface area contributed by atoms with Gasteiger partial charge < -0.3 is 15.8 Å². The summed E-state index contributed by atoms with van der Waals surface area (Å²) < 4.78 is 5.31. The summed E-state index contributed by atoms with van der Waals surface area (Å²) in [4.78, 5) is 8.60. The largest absolute Gasteiger partial charge is 0.384 e. The number of aromatic nitrogens is 2. The highest BCUT2D eigenvalue weighted by atomic mass is 16.5. The van der Waals surface area contributed by atoms with Gasteiger partial charge in [-0.3, -0.25) is 0 Å². The van der Waals surface area contributed by atoms with Crippen LogP contribution in [-0.2, 0) is 11.3 Å². The van der Waals surface area contributed by atoms with Gasteiger partial charge >= 0.3 is 0 Å². The zero-order valence-corrected chi connectivity index (χ0v) is 11.4. The maximum Gasteiger partial charge on any atom is 0.158 e. The van der Waals surface area contributed by atoms with Gasteiger partial charge in [0.2, 0.25) is 0 Å². The maximum absolute atomic E-state index is 5.80. The molecule has 18 heavy (non-hydrogen) atoms. The van der Waals surface area contributed by atoms with Crippen LogP contribution >= 0.6 is 0 Å². The van der Waals surface area contributed by atoms with E-state index >= 15 is 0 Å². The topological polar surface area (TPSA) is 73.1 Å². The predicted molar refractivity (Wildman–Crippen MR) is 72.2 cm³/mol. The lowest BCUT2D eigenvalue weighted by atomic mass is 9.99. The molecule has 3 N–H and O–H groups in total. The van der Waals surface area contributed by atoms with Crippen molar-refractivity contribution in [2.24, 2.45) is 5.92 Å². The lowest BCUT2D eigenvalue weighted by Crippen LogP contribution is -2.33. The third kappa shape index (κ3) is 3.32. The summed E-state index contributed by atoms with van der Waals surface area (Å²) in [6.07, 6.45) is 2.57. The van der Waals surface area contributed by atoms with Gasteiger partial charge in [-0.2, -0.15) is 0 Å². The first-order valence-electron chi connectivity index (χ1n) is 6.50. The summed E-state index contributed by atoms with van der Waals surface area (Å²) in [6, 6.07) is 1.78. The molecule has 0 radical (unpaired) electrons. The van der Waals surface area contributed by atoms with Crippen LogP contribution in [0.1, 0.15) is 39.4 Å². The number of nitrogen functional groups attached to an aromatic ring is 1. The SMILES string of the molecule is CCOCc1nc(N)cc(NC(C)(C)C2CC2)n1. The fraction of sp³-hybridized carbons (Fsp3) is 0.692. The molecular formula is C13H22N4O. The van der Waals surface area contributed by atoms with Crippen molar-refractivity contribution in [1.29, 1.82) is 0 Å². The number of nitrogens with two attached hydrogens (primary N) is 1. The predicted octanol–water partition coefficient (Wildman–Crippen LogP) is 2.20. The number of hydrogen-bond donors (Lipinski definition) is 2. The highest BCUT2D eigenvalue weighted by molar-refractivity contribution is 5.46. The van der Waals surface area contributed by atoms with Crippen LogP contribution in [0.3, 0.4) is 0 Å². The number of hydrogen-bond acceptors (Lipinski definition) is 5.